The van der Waals surface area contributed by atoms with Gasteiger partial charge >= 0.3 is 0 Å². The Morgan fingerprint density at radius 1 is 1.28 bits per heavy atom. The van der Waals surface area contributed by atoms with Crippen molar-refractivity contribution >= 4 is 18.3 Å². The van der Waals surface area contributed by atoms with Crippen LogP contribution in [0.4, 0.5) is 5.69 Å². The first-order valence-corrected chi connectivity index (χ1v) is 10.9. The fourth-order valence-electron chi connectivity index (χ4n) is 3.90. The van der Waals surface area contributed by atoms with Gasteiger partial charge in [-0.3, -0.25) is 0 Å². The van der Waals surface area contributed by atoms with Gasteiger partial charge in [0.2, 0.25) is 0 Å². The van der Waals surface area contributed by atoms with Gasteiger partial charge in [0.15, 0.2) is 0 Å². The Morgan fingerprint density at radius 3 is 2.52 bits per heavy atom. The summed E-state index contributed by atoms with van der Waals surface area (Å²) in [4.78, 5) is 16.2. The molecule has 1 aromatic rings. The molecule has 2 unspecified atom stereocenters. The number of ether oxygens (including phenoxy) is 1. The van der Waals surface area contributed by atoms with E-state index in [4.69, 9.17) is 10.6 Å². The molecule has 29 heavy (non-hydrogen) atoms. The number of nitrogens with two attached hydrogens (primary N) is 1. The number of benzene rings is 1. The number of hydrazine groups is 1. The van der Waals surface area contributed by atoms with Crippen LogP contribution in [0.3, 0.4) is 0 Å². The number of aldehydes is 1. The van der Waals surface area contributed by atoms with Crippen molar-refractivity contribution in [2.24, 2.45) is 34.5 Å². The highest BCUT2D eigenvalue weighted by atomic mass is 16.5. The van der Waals surface area contributed by atoms with Crippen molar-refractivity contribution in [2.45, 2.75) is 46.0 Å². The van der Waals surface area contributed by atoms with Crippen LogP contribution in [0.25, 0.3) is 0 Å². The third-order valence-corrected chi connectivity index (χ3v) is 5.80. The number of aliphatic imine (C=N–C) groups is 1. The average Bonchev–Trinajstić information content (AvgIpc) is 3.48. The predicted molar refractivity (Wildman–Crippen MR) is 119 cm³/mol. The minimum Gasteiger partial charge on any atom is -0.494 e. The van der Waals surface area contributed by atoms with Crippen molar-refractivity contribution in [3.8, 4) is 5.75 Å². The van der Waals surface area contributed by atoms with Crippen LogP contribution in [0.15, 0.2) is 29.3 Å². The monoisotopic (exact) mass is 402 g/mol. The molecule has 0 aromatic heterocycles. The van der Waals surface area contributed by atoms with Gasteiger partial charge in [-0.25, -0.2) is 10.8 Å². The maximum absolute atomic E-state index is 9.62. The van der Waals surface area contributed by atoms with E-state index in [1.165, 1.54) is 45.1 Å². The van der Waals surface area contributed by atoms with Crippen LogP contribution in [0.2, 0.25) is 0 Å². The molecule has 162 valence electrons. The Kier molecular flexibility index (Phi) is 10.2. The zero-order chi connectivity index (χ0) is 21.1. The van der Waals surface area contributed by atoms with E-state index >= 15 is 0 Å². The summed E-state index contributed by atoms with van der Waals surface area (Å²) in [6, 6.07) is 7.79. The van der Waals surface area contributed by atoms with Crippen molar-refractivity contribution in [2.75, 3.05) is 26.7 Å². The number of carbonyl (C=O) groups is 1. The summed E-state index contributed by atoms with van der Waals surface area (Å²) in [7, 11) is 2.23. The van der Waals surface area contributed by atoms with Crippen molar-refractivity contribution in [3.63, 3.8) is 0 Å². The van der Waals surface area contributed by atoms with Crippen LogP contribution in [0.5, 0.6) is 5.75 Å². The summed E-state index contributed by atoms with van der Waals surface area (Å²) >= 11 is 0. The topological polar surface area (TPSA) is 80.0 Å². The number of nitrogens with zero attached hydrogens (tertiary/aromatic N) is 2. The second-order valence-corrected chi connectivity index (χ2v) is 8.65. The van der Waals surface area contributed by atoms with Gasteiger partial charge in [0.1, 0.15) is 18.4 Å². The summed E-state index contributed by atoms with van der Waals surface area (Å²) in [5.74, 6) is 9.42. The molecule has 1 aromatic carbocycles. The molecule has 1 aliphatic carbocycles. The highest BCUT2D eigenvalue weighted by molar-refractivity contribution is 5.60. The first-order valence-electron chi connectivity index (χ1n) is 10.9. The van der Waals surface area contributed by atoms with E-state index < -0.39 is 0 Å². The van der Waals surface area contributed by atoms with Gasteiger partial charge in [0, 0.05) is 6.42 Å². The number of hydrogen-bond donors (Lipinski definition) is 2. The van der Waals surface area contributed by atoms with E-state index in [2.05, 4.69) is 22.4 Å². The highest BCUT2D eigenvalue weighted by Gasteiger charge is 2.42. The van der Waals surface area contributed by atoms with Crippen LogP contribution in [0.1, 0.15) is 46.0 Å². The van der Waals surface area contributed by atoms with Crippen LogP contribution in [-0.4, -0.2) is 44.3 Å². The van der Waals surface area contributed by atoms with E-state index in [0.29, 0.717) is 12.3 Å². The normalized spacial score (nSPS) is 22.2. The minimum absolute atomic E-state index is 0.530. The van der Waals surface area contributed by atoms with Crippen molar-refractivity contribution < 1.29 is 9.53 Å². The lowest BCUT2D eigenvalue weighted by Crippen LogP contribution is -2.31. The predicted octanol–water partition coefficient (Wildman–Crippen LogP) is 3.79. The van der Waals surface area contributed by atoms with Gasteiger partial charge in [-0.15, -0.1) is 0 Å². The molecule has 6 nitrogen and oxygen atoms in total. The summed E-state index contributed by atoms with van der Waals surface area (Å²) in [6.07, 6.45) is 8.48. The molecule has 2 fully saturated rings. The second-order valence-electron chi connectivity index (χ2n) is 8.65. The van der Waals surface area contributed by atoms with E-state index in [9.17, 15) is 4.79 Å². The third kappa shape index (κ3) is 8.96. The molecule has 0 radical (unpaired) electrons. The third-order valence-electron chi connectivity index (χ3n) is 5.80. The Bertz CT molecular complexity index is 610. The number of nitrogens with one attached hydrogen (secondary N) is 1. The molecule has 0 bridgehead atoms. The molecule has 1 saturated heterocycles. The highest BCUT2D eigenvalue weighted by Crippen LogP contribution is 2.49. The fraction of sp³-hybridized carbons (Fsp3) is 0.652. The second kappa shape index (κ2) is 12.6. The molecule has 1 heterocycles. The Hall–Kier alpha value is -1.92. The summed E-state index contributed by atoms with van der Waals surface area (Å²) in [5, 5.41) is 0. The Morgan fingerprint density at radius 2 is 1.97 bits per heavy atom. The van der Waals surface area contributed by atoms with Crippen LogP contribution in [0, 0.1) is 23.7 Å². The standard InChI is InChI=1S/C18H28N4O.C5H10O/c1-22-9-6-14(7-10-22)18-12-15(18)8-11-23-17-4-2-16(3-5-17)20-13-21-19;1-5(2)3-4-6/h2-5,13-15,18H,6-12,19H2,1H3,(H,20,21);4-5H,3H2,1-2H3. The van der Waals surface area contributed by atoms with Crippen LogP contribution >= 0.6 is 0 Å². The number of carbonyl (C=O) groups excluding carboxylic acids is 1. The number of rotatable bonds is 9. The molecule has 2 atom stereocenters. The molecule has 1 saturated carbocycles. The lowest BCUT2D eigenvalue weighted by atomic mass is 9.91. The molecular formula is C23H38N4O2. The maximum Gasteiger partial charge on any atom is 0.120 e. The zero-order valence-corrected chi connectivity index (χ0v) is 18.2. The van der Waals surface area contributed by atoms with Gasteiger partial charge in [0.25, 0.3) is 0 Å². The van der Waals surface area contributed by atoms with Crippen LogP contribution < -0.4 is 16.0 Å². The average molecular weight is 403 g/mol. The van der Waals surface area contributed by atoms with Gasteiger partial charge in [0.05, 0.1) is 12.3 Å². The molecule has 6 heteroatoms. The van der Waals surface area contributed by atoms with Gasteiger partial charge in [-0.05, 0) is 93.8 Å². The number of likely N-dealkylation sites (tertiary alicyclic amines) is 1. The molecule has 0 spiro atoms. The van der Waals surface area contributed by atoms with Crippen molar-refractivity contribution in [1.29, 1.82) is 0 Å². The summed E-state index contributed by atoms with van der Waals surface area (Å²) in [5.41, 5.74) is 3.25. The number of piperidine rings is 1. The molecule has 1 aliphatic heterocycles. The first kappa shape index (κ1) is 23.4. The maximum atomic E-state index is 9.62. The van der Waals surface area contributed by atoms with Gasteiger partial charge in [-0.1, -0.05) is 13.8 Å². The molecule has 0 amide bonds. The fourth-order valence-corrected chi connectivity index (χ4v) is 3.90. The Balaban J connectivity index is 0.000000438. The van der Waals surface area contributed by atoms with Crippen LogP contribution in [-0.2, 0) is 4.79 Å². The SMILES string of the molecule is CC(C)CC=O.CN1CCC(C2CC2CCOc2ccc(N=CNN)cc2)CC1. The molecule has 3 rings (SSSR count). The summed E-state index contributed by atoms with van der Waals surface area (Å²) in [6.45, 7) is 7.42. The Labute approximate surface area is 175 Å². The molecule has 2 aliphatic rings. The van der Waals surface area contributed by atoms with Crippen molar-refractivity contribution in [1.82, 2.24) is 10.3 Å². The number of hydrogen-bond acceptors (Lipinski definition) is 5. The molecular weight excluding hydrogens is 364 g/mol. The minimum atomic E-state index is 0.530. The lowest BCUT2D eigenvalue weighted by molar-refractivity contribution is -0.108. The first-order chi connectivity index (χ1) is 14.0. The van der Waals surface area contributed by atoms with E-state index in [-0.39, 0.29) is 0 Å². The smallest absolute Gasteiger partial charge is 0.120 e. The quantitative estimate of drug-likeness (QED) is 0.216. The van der Waals surface area contributed by atoms with Gasteiger partial charge in [-0.2, -0.15) is 0 Å². The summed E-state index contributed by atoms with van der Waals surface area (Å²) < 4.78 is 5.87. The van der Waals surface area contributed by atoms with Gasteiger partial charge < -0.3 is 19.9 Å². The zero-order valence-electron chi connectivity index (χ0n) is 18.2. The van der Waals surface area contributed by atoms with Crippen molar-refractivity contribution in [3.05, 3.63) is 24.3 Å². The van der Waals surface area contributed by atoms with E-state index in [1.54, 1.807) is 0 Å². The largest absolute Gasteiger partial charge is 0.494 e. The van der Waals surface area contributed by atoms with E-state index in [1.807, 2.05) is 38.1 Å². The van der Waals surface area contributed by atoms with E-state index in [0.717, 1.165) is 42.1 Å². The molecule has 3 N–H and O–H groups in total. The lowest BCUT2D eigenvalue weighted by Gasteiger charge is -2.29.